The zero-order valence-corrected chi connectivity index (χ0v) is 15.2. The molecule has 1 saturated heterocycles. The van der Waals surface area contributed by atoms with Crippen LogP contribution in [0, 0.1) is 0 Å². The number of carbonyl (C=O) groups excluding carboxylic acids is 1. The number of pyridine rings is 1. The van der Waals surface area contributed by atoms with E-state index in [0.29, 0.717) is 12.1 Å². The summed E-state index contributed by atoms with van der Waals surface area (Å²) in [5, 5.41) is 13.0. The fourth-order valence-corrected chi connectivity index (χ4v) is 3.55. The van der Waals surface area contributed by atoms with Crippen molar-refractivity contribution in [3.63, 3.8) is 0 Å². The summed E-state index contributed by atoms with van der Waals surface area (Å²) in [5.41, 5.74) is 5.87. The minimum absolute atomic E-state index is 0.252. The Morgan fingerprint density at radius 2 is 2.22 bits per heavy atom. The summed E-state index contributed by atoms with van der Waals surface area (Å²) >= 11 is 0. The van der Waals surface area contributed by atoms with E-state index in [1.165, 1.54) is 0 Å². The Morgan fingerprint density at radius 3 is 3.00 bits per heavy atom. The highest BCUT2D eigenvalue weighted by Gasteiger charge is 2.27. The number of nitrogens with zero attached hydrogens (tertiary/aromatic N) is 7. The number of piperidine rings is 1. The predicted molar refractivity (Wildman–Crippen MR) is 99.3 cm³/mol. The van der Waals surface area contributed by atoms with Crippen LogP contribution >= 0.6 is 0 Å². The van der Waals surface area contributed by atoms with E-state index in [1.54, 1.807) is 24.5 Å². The average molecular weight is 366 g/mol. The molecule has 0 aliphatic carbocycles. The second kappa shape index (κ2) is 7.18. The van der Waals surface area contributed by atoms with Crippen molar-refractivity contribution in [1.82, 2.24) is 29.5 Å². The largest absolute Gasteiger partial charge is 0.366 e. The molecule has 1 unspecified atom stereocenters. The molecule has 27 heavy (non-hydrogen) atoms. The topological polar surface area (TPSA) is 108 Å². The number of amides is 1. The monoisotopic (exact) mass is 366 g/mol. The molecule has 1 fully saturated rings. The van der Waals surface area contributed by atoms with Crippen molar-refractivity contribution in [1.29, 1.82) is 0 Å². The lowest BCUT2D eigenvalue weighted by Crippen LogP contribution is -2.36. The lowest BCUT2D eigenvalue weighted by atomic mass is 9.97. The van der Waals surface area contributed by atoms with Crippen molar-refractivity contribution < 1.29 is 4.79 Å². The molecule has 0 bridgehead atoms. The number of rotatable bonds is 5. The van der Waals surface area contributed by atoms with Crippen molar-refractivity contribution in [3.8, 4) is 0 Å². The maximum absolute atomic E-state index is 11.4. The van der Waals surface area contributed by atoms with E-state index in [4.69, 9.17) is 5.73 Å². The molecular formula is C18H22N8O. The van der Waals surface area contributed by atoms with Gasteiger partial charge < -0.3 is 15.2 Å². The van der Waals surface area contributed by atoms with Gasteiger partial charge in [-0.3, -0.25) is 9.48 Å². The number of aromatic nitrogens is 6. The van der Waals surface area contributed by atoms with Crippen molar-refractivity contribution in [3.05, 3.63) is 54.0 Å². The second-order valence-electron chi connectivity index (χ2n) is 6.79. The molecule has 1 aliphatic rings. The van der Waals surface area contributed by atoms with Crippen LogP contribution < -0.4 is 10.6 Å². The number of anilines is 1. The molecule has 9 heteroatoms. The number of hydrogen-bond acceptors (Lipinski definition) is 6. The van der Waals surface area contributed by atoms with E-state index in [1.807, 2.05) is 24.0 Å². The van der Waals surface area contributed by atoms with E-state index in [-0.39, 0.29) is 5.92 Å². The van der Waals surface area contributed by atoms with E-state index >= 15 is 0 Å². The van der Waals surface area contributed by atoms with Crippen molar-refractivity contribution in [2.45, 2.75) is 25.3 Å². The maximum Gasteiger partial charge on any atom is 0.248 e. The second-order valence-corrected chi connectivity index (χ2v) is 6.79. The first-order valence-corrected chi connectivity index (χ1v) is 8.98. The molecule has 140 valence electrons. The molecular weight excluding hydrogens is 344 g/mol. The molecule has 3 aromatic rings. The Labute approximate surface area is 156 Å². The van der Waals surface area contributed by atoms with Crippen LogP contribution in [-0.4, -0.2) is 48.5 Å². The third-order valence-corrected chi connectivity index (χ3v) is 5.00. The van der Waals surface area contributed by atoms with E-state index in [9.17, 15) is 4.79 Å². The van der Waals surface area contributed by atoms with Crippen molar-refractivity contribution in [2.75, 3.05) is 18.0 Å². The van der Waals surface area contributed by atoms with Gasteiger partial charge in [-0.1, -0.05) is 0 Å². The standard InChI is InChI=1S/C18H22N8O/c1-24-16(12-26-9-3-6-21-26)22-23-18(24)14-4-2-8-25(11-14)15-10-13(17(19)27)5-7-20-15/h3,5-7,9-10,14H,2,4,8,11-12H2,1H3,(H2,19,27). The molecule has 0 aromatic carbocycles. The van der Waals surface area contributed by atoms with E-state index < -0.39 is 5.91 Å². The SMILES string of the molecule is Cn1c(Cn2cccn2)nnc1C1CCCN(c2cc(C(N)=O)ccn2)C1. The molecule has 4 rings (SSSR count). The van der Waals surface area contributed by atoms with E-state index in [0.717, 1.165) is 43.4 Å². The van der Waals surface area contributed by atoms with Gasteiger partial charge in [0, 0.05) is 50.2 Å². The minimum atomic E-state index is -0.441. The van der Waals surface area contributed by atoms with Gasteiger partial charge in [-0.05, 0) is 31.0 Å². The summed E-state index contributed by atoms with van der Waals surface area (Å²) in [6, 6.07) is 5.28. The Kier molecular flexibility index (Phi) is 4.57. The zero-order chi connectivity index (χ0) is 18.8. The molecule has 1 amide bonds. The molecule has 1 atom stereocenters. The van der Waals surface area contributed by atoms with Crippen molar-refractivity contribution in [2.24, 2.45) is 12.8 Å². The van der Waals surface area contributed by atoms with Gasteiger partial charge in [-0.2, -0.15) is 5.10 Å². The van der Waals surface area contributed by atoms with Crippen LogP contribution in [0.1, 0.15) is 40.8 Å². The first-order valence-electron chi connectivity index (χ1n) is 8.98. The molecule has 0 radical (unpaired) electrons. The zero-order valence-electron chi connectivity index (χ0n) is 15.2. The van der Waals surface area contributed by atoms with Gasteiger partial charge in [0.15, 0.2) is 5.82 Å². The number of primary amides is 1. The number of hydrogen-bond donors (Lipinski definition) is 1. The molecule has 0 spiro atoms. The minimum Gasteiger partial charge on any atom is -0.366 e. The van der Waals surface area contributed by atoms with Crippen LogP contribution in [0.4, 0.5) is 5.82 Å². The Bertz CT molecular complexity index is 933. The van der Waals surface area contributed by atoms with Crippen LogP contribution in [0.3, 0.4) is 0 Å². The summed E-state index contributed by atoms with van der Waals surface area (Å²) in [4.78, 5) is 18.0. The molecule has 0 saturated carbocycles. The fraction of sp³-hybridized carbons (Fsp3) is 0.389. The van der Waals surface area contributed by atoms with E-state index in [2.05, 4.69) is 29.7 Å². The number of nitrogens with two attached hydrogens (primary N) is 1. The molecule has 3 aromatic heterocycles. The van der Waals surface area contributed by atoms with Gasteiger partial charge in [0.1, 0.15) is 18.2 Å². The van der Waals surface area contributed by atoms with Gasteiger partial charge in [0.2, 0.25) is 5.91 Å². The summed E-state index contributed by atoms with van der Waals surface area (Å²) < 4.78 is 3.89. The Balaban J connectivity index is 1.52. The fourth-order valence-electron chi connectivity index (χ4n) is 3.55. The summed E-state index contributed by atoms with van der Waals surface area (Å²) in [5.74, 6) is 2.42. The maximum atomic E-state index is 11.4. The van der Waals surface area contributed by atoms with Crippen molar-refractivity contribution >= 4 is 11.7 Å². The normalized spacial score (nSPS) is 17.2. The van der Waals surface area contributed by atoms with Gasteiger partial charge in [0.25, 0.3) is 0 Å². The highest BCUT2D eigenvalue weighted by molar-refractivity contribution is 5.93. The highest BCUT2D eigenvalue weighted by Crippen LogP contribution is 2.28. The summed E-state index contributed by atoms with van der Waals surface area (Å²) in [7, 11) is 2.00. The van der Waals surface area contributed by atoms with Gasteiger partial charge in [-0.15, -0.1) is 10.2 Å². The first-order chi connectivity index (χ1) is 13.1. The third-order valence-electron chi connectivity index (χ3n) is 5.00. The average Bonchev–Trinajstić information content (AvgIpc) is 3.33. The van der Waals surface area contributed by atoms with Crippen LogP contribution in [0.25, 0.3) is 0 Å². The van der Waals surface area contributed by atoms with Crippen LogP contribution in [0.2, 0.25) is 0 Å². The quantitative estimate of drug-likeness (QED) is 0.720. The lowest BCUT2D eigenvalue weighted by Gasteiger charge is -2.33. The summed E-state index contributed by atoms with van der Waals surface area (Å²) in [6.07, 6.45) is 7.36. The smallest absolute Gasteiger partial charge is 0.248 e. The Hall–Kier alpha value is -3.23. The predicted octanol–water partition coefficient (Wildman–Crippen LogP) is 0.938. The lowest BCUT2D eigenvalue weighted by molar-refractivity contribution is 0.1000. The third kappa shape index (κ3) is 3.53. The molecule has 4 heterocycles. The Morgan fingerprint density at radius 1 is 1.33 bits per heavy atom. The molecule has 1 aliphatic heterocycles. The first kappa shape index (κ1) is 17.2. The van der Waals surface area contributed by atoms with Crippen LogP contribution in [0.5, 0.6) is 0 Å². The van der Waals surface area contributed by atoms with Gasteiger partial charge >= 0.3 is 0 Å². The van der Waals surface area contributed by atoms with Gasteiger partial charge in [-0.25, -0.2) is 4.98 Å². The van der Waals surface area contributed by atoms with Crippen LogP contribution in [-0.2, 0) is 13.6 Å². The number of carbonyl (C=O) groups is 1. The highest BCUT2D eigenvalue weighted by atomic mass is 16.1. The van der Waals surface area contributed by atoms with Crippen LogP contribution in [0.15, 0.2) is 36.8 Å². The summed E-state index contributed by atoms with van der Waals surface area (Å²) in [6.45, 7) is 2.27. The van der Waals surface area contributed by atoms with Gasteiger partial charge in [0.05, 0.1) is 0 Å². The molecule has 2 N–H and O–H groups in total. The molecule has 9 nitrogen and oxygen atoms in total.